The molecule has 1 aliphatic heterocycles. The monoisotopic (exact) mass is 398 g/mol. The summed E-state index contributed by atoms with van der Waals surface area (Å²) in [5.41, 5.74) is 8.19. The van der Waals surface area contributed by atoms with Gasteiger partial charge < -0.3 is 15.2 Å². The zero-order valence-electron chi connectivity index (χ0n) is 16.5. The molecule has 2 unspecified atom stereocenters. The van der Waals surface area contributed by atoms with E-state index in [0.29, 0.717) is 24.1 Å². The van der Waals surface area contributed by atoms with Crippen molar-refractivity contribution in [2.45, 2.75) is 51.2 Å². The second-order valence-corrected chi connectivity index (χ2v) is 8.60. The van der Waals surface area contributed by atoms with Gasteiger partial charge in [-0.3, -0.25) is 4.79 Å². The van der Waals surface area contributed by atoms with Gasteiger partial charge in [0, 0.05) is 30.6 Å². The maximum Gasteiger partial charge on any atom is 0.241 e. The molecule has 1 aliphatic carbocycles. The van der Waals surface area contributed by atoms with Crippen molar-refractivity contribution in [3.05, 3.63) is 42.4 Å². The van der Waals surface area contributed by atoms with Crippen LogP contribution in [0.1, 0.15) is 44.5 Å². The Balaban J connectivity index is 1.74. The number of hydrogen-bond donors (Lipinski definition) is 2. The van der Waals surface area contributed by atoms with E-state index < -0.39 is 6.04 Å². The predicted molar refractivity (Wildman–Crippen MR) is 115 cm³/mol. The van der Waals surface area contributed by atoms with E-state index in [2.05, 4.69) is 42.4 Å². The minimum Gasteiger partial charge on any atom is -0.331 e. The van der Waals surface area contributed by atoms with Gasteiger partial charge >= 0.3 is 0 Å². The quantitative estimate of drug-likeness (QED) is 0.775. The highest BCUT2D eigenvalue weighted by Crippen LogP contribution is 2.43. The van der Waals surface area contributed by atoms with Gasteiger partial charge in [0.05, 0.1) is 17.8 Å². The van der Waals surface area contributed by atoms with Crippen LogP contribution >= 0.6 is 12.6 Å². The maximum absolute atomic E-state index is 13.1. The molecule has 2 aliphatic rings. The number of nitrogens with two attached hydrogens (primary N) is 1. The van der Waals surface area contributed by atoms with Crippen LogP contribution in [0.15, 0.2) is 36.5 Å². The molecule has 0 bridgehead atoms. The van der Waals surface area contributed by atoms with Gasteiger partial charge in [-0.25, -0.2) is 4.98 Å². The standard InChI is InChI=1S/C22H30N4OS/c1-15-7-5-6-10-17(15)20-21-24-19(16-8-3-2-4-9-16)13-25(21)11-12-26(20)22(27)18(23)14-28/h2-4,8-9,13,15,17-18,20,28H,5-7,10-12,14,23H2,1H3/t15?,17?,18-,20-/m0/s1. The largest absolute Gasteiger partial charge is 0.331 e. The molecule has 0 saturated heterocycles. The normalized spacial score (nSPS) is 26.0. The topological polar surface area (TPSA) is 64.2 Å². The molecule has 4 atom stereocenters. The predicted octanol–water partition coefficient (Wildman–Crippen LogP) is 3.52. The smallest absolute Gasteiger partial charge is 0.241 e. The Labute approximate surface area is 172 Å². The van der Waals surface area contributed by atoms with Crippen LogP contribution in [0, 0.1) is 11.8 Å². The molecule has 2 heterocycles. The first-order valence-corrected chi connectivity index (χ1v) is 11.0. The molecule has 1 aromatic heterocycles. The molecule has 28 heavy (non-hydrogen) atoms. The summed E-state index contributed by atoms with van der Waals surface area (Å²) in [5.74, 6) is 2.39. The SMILES string of the molecule is CC1CCCCC1[C@H]1c2nc(-c3ccccc3)cn2CCN1C(=O)[C@@H](N)CS. The number of carbonyl (C=O) groups excluding carboxylic acids is 1. The summed E-state index contributed by atoms with van der Waals surface area (Å²) in [5, 5.41) is 0. The Hall–Kier alpha value is -1.79. The third-order valence-corrected chi connectivity index (χ3v) is 6.83. The van der Waals surface area contributed by atoms with Crippen molar-refractivity contribution in [2.24, 2.45) is 17.6 Å². The number of fused-ring (bicyclic) bond motifs is 1. The third-order valence-electron chi connectivity index (χ3n) is 6.44. The molecular weight excluding hydrogens is 368 g/mol. The minimum atomic E-state index is -0.556. The lowest BCUT2D eigenvalue weighted by Gasteiger charge is -2.44. The number of nitrogens with zero attached hydrogens (tertiary/aromatic N) is 3. The van der Waals surface area contributed by atoms with Crippen molar-refractivity contribution in [2.75, 3.05) is 12.3 Å². The molecule has 1 fully saturated rings. The van der Waals surface area contributed by atoms with Gasteiger partial charge in [-0.1, -0.05) is 56.5 Å². The summed E-state index contributed by atoms with van der Waals surface area (Å²) in [6.07, 6.45) is 7.00. The summed E-state index contributed by atoms with van der Waals surface area (Å²) in [6, 6.07) is 9.72. The number of amides is 1. The summed E-state index contributed by atoms with van der Waals surface area (Å²) < 4.78 is 2.25. The number of rotatable bonds is 4. The van der Waals surface area contributed by atoms with Crippen molar-refractivity contribution in [1.29, 1.82) is 0 Å². The average molecular weight is 399 g/mol. The van der Waals surface area contributed by atoms with Gasteiger partial charge in [-0.05, 0) is 18.3 Å². The van der Waals surface area contributed by atoms with E-state index in [1.807, 2.05) is 23.1 Å². The number of aromatic nitrogens is 2. The maximum atomic E-state index is 13.1. The van der Waals surface area contributed by atoms with E-state index in [1.54, 1.807) is 0 Å². The summed E-state index contributed by atoms with van der Waals surface area (Å²) in [4.78, 5) is 20.1. The number of carbonyl (C=O) groups is 1. The average Bonchev–Trinajstić information content (AvgIpc) is 3.17. The Kier molecular flexibility index (Phi) is 5.78. The highest BCUT2D eigenvalue weighted by Gasteiger charge is 2.42. The van der Waals surface area contributed by atoms with Crippen molar-refractivity contribution in [3.63, 3.8) is 0 Å². The molecule has 0 spiro atoms. The van der Waals surface area contributed by atoms with E-state index in [0.717, 1.165) is 30.0 Å². The first-order chi connectivity index (χ1) is 13.6. The second-order valence-electron chi connectivity index (χ2n) is 8.23. The first kappa shape index (κ1) is 19.5. The number of imidazole rings is 1. The van der Waals surface area contributed by atoms with Crippen molar-refractivity contribution >= 4 is 18.5 Å². The molecule has 1 aromatic carbocycles. The fourth-order valence-corrected chi connectivity index (χ4v) is 5.02. The van der Waals surface area contributed by atoms with Crippen LogP contribution < -0.4 is 5.73 Å². The zero-order valence-corrected chi connectivity index (χ0v) is 17.4. The minimum absolute atomic E-state index is 0.0000504. The lowest BCUT2D eigenvalue weighted by atomic mass is 9.75. The van der Waals surface area contributed by atoms with Crippen molar-refractivity contribution < 1.29 is 4.79 Å². The van der Waals surface area contributed by atoms with Gasteiger partial charge in [0.15, 0.2) is 0 Å². The van der Waals surface area contributed by atoms with E-state index in [-0.39, 0.29) is 11.9 Å². The number of hydrogen-bond acceptors (Lipinski definition) is 4. The molecule has 6 heteroatoms. The molecule has 1 amide bonds. The molecule has 1 saturated carbocycles. The molecule has 150 valence electrons. The van der Waals surface area contributed by atoms with Crippen LogP contribution in [0.4, 0.5) is 0 Å². The Morgan fingerprint density at radius 2 is 2.00 bits per heavy atom. The number of benzene rings is 1. The van der Waals surface area contributed by atoms with E-state index in [9.17, 15) is 4.79 Å². The highest BCUT2D eigenvalue weighted by molar-refractivity contribution is 7.80. The first-order valence-electron chi connectivity index (χ1n) is 10.4. The molecule has 2 N–H and O–H groups in total. The summed E-state index contributed by atoms with van der Waals surface area (Å²) in [6.45, 7) is 3.77. The van der Waals surface area contributed by atoms with Crippen LogP contribution in [0.25, 0.3) is 11.3 Å². The Morgan fingerprint density at radius 3 is 2.71 bits per heavy atom. The van der Waals surface area contributed by atoms with Crippen LogP contribution in [-0.2, 0) is 11.3 Å². The van der Waals surface area contributed by atoms with Gasteiger partial charge in [-0.15, -0.1) is 0 Å². The van der Waals surface area contributed by atoms with E-state index >= 15 is 0 Å². The Bertz CT molecular complexity index is 821. The molecule has 4 rings (SSSR count). The van der Waals surface area contributed by atoms with E-state index in [1.165, 1.54) is 19.3 Å². The van der Waals surface area contributed by atoms with Gasteiger partial charge in [-0.2, -0.15) is 12.6 Å². The highest BCUT2D eigenvalue weighted by atomic mass is 32.1. The van der Waals surface area contributed by atoms with Crippen LogP contribution in [0.3, 0.4) is 0 Å². The number of thiol groups is 1. The lowest BCUT2D eigenvalue weighted by Crippen LogP contribution is -2.52. The zero-order chi connectivity index (χ0) is 19.7. The molecule has 2 aromatic rings. The molecule has 5 nitrogen and oxygen atoms in total. The molecular formula is C22H30N4OS. The Morgan fingerprint density at radius 1 is 1.25 bits per heavy atom. The second kappa shape index (κ2) is 8.29. The van der Waals surface area contributed by atoms with Crippen LogP contribution in [0.5, 0.6) is 0 Å². The van der Waals surface area contributed by atoms with Gasteiger partial charge in [0.1, 0.15) is 5.82 Å². The van der Waals surface area contributed by atoms with E-state index in [4.69, 9.17) is 10.7 Å². The van der Waals surface area contributed by atoms with Crippen LogP contribution in [0.2, 0.25) is 0 Å². The summed E-state index contributed by atoms with van der Waals surface area (Å²) in [7, 11) is 0. The van der Waals surface area contributed by atoms with Crippen molar-refractivity contribution in [3.8, 4) is 11.3 Å². The van der Waals surface area contributed by atoms with Gasteiger partial charge in [0.25, 0.3) is 0 Å². The summed E-state index contributed by atoms with van der Waals surface area (Å²) >= 11 is 4.26. The lowest BCUT2D eigenvalue weighted by molar-refractivity contribution is -0.138. The fourth-order valence-electron chi connectivity index (χ4n) is 4.86. The fraction of sp³-hybridized carbons (Fsp3) is 0.545. The molecule has 0 radical (unpaired) electrons. The van der Waals surface area contributed by atoms with Gasteiger partial charge in [0.2, 0.25) is 5.91 Å². The van der Waals surface area contributed by atoms with Crippen molar-refractivity contribution in [1.82, 2.24) is 14.5 Å². The van der Waals surface area contributed by atoms with Crippen LogP contribution in [-0.4, -0.2) is 38.7 Å². The third kappa shape index (κ3) is 3.60.